The van der Waals surface area contributed by atoms with Crippen molar-refractivity contribution in [1.29, 1.82) is 0 Å². The van der Waals surface area contributed by atoms with E-state index in [9.17, 15) is 9.59 Å². The summed E-state index contributed by atoms with van der Waals surface area (Å²) in [5, 5.41) is 0. The fourth-order valence-corrected chi connectivity index (χ4v) is 1.81. The molecule has 0 aromatic carbocycles. The van der Waals surface area contributed by atoms with E-state index in [2.05, 4.69) is 0 Å². The van der Waals surface area contributed by atoms with E-state index in [1.165, 1.54) is 6.42 Å². The van der Waals surface area contributed by atoms with Gasteiger partial charge in [-0.2, -0.15) is 0 Å². The standard InChI is InChI=1S/C10H17NO2/c11-10(13)8-6-4-2-1-3-5-7-9(8)12/h8H,1-7H2,(H2,11,13). The Morgan fingerprint density at radius 3 is 2.46 bits per heavy atom. The summed E-state index contributed by atoms with van der Waals surface area (Å²) in [4.78, 5) is 22.4. The fourth-order valence-electron chi connectivity index (χ4n) is 1.81. The molecule has 0 heterocycles. The summed E-state index contributed by atoms with van der Waals surface area (Å²) in [7, 11) is 0. The molecular weight excluding hydrogens is 166 g/mol. The van der Waals surface area contributed by atoms with E-state index in [1.807, 2.05) is 0 Å². The van der Waals surface area contributed by atoms with Gasteiger partial charge in [0.25, 0.3) is 0 Å². The highest BCUT2D eigenvalue weighted by molar-refractivity contribution is 6.00. The van der Waals surface area contributed by atoms with Gasteiger partial charge in [-0.1, -0.05) is 25.7 Å². The van der Waals surface area contributed by atoms with E-state index < -0.39 is 11.8 Å². The summed E-state index contributed by atoms with van der Waals surface area (Å²) in [6.07, 6.45) is 6.48. The monoisotopic (exact) mass is 183 g/mol. The topological polar surface area (TPSA) is 60.2 Å². The molecule has 1 rings (SSSR count). The molecule has 1 saturated carbocycles. The molecule has 0 radical (unpaired) electrons. The highest BCUT2D eigenvalue weighted by atomic mass is 16.2. The number of Topliss-reactive ketones (excluding diaryl/α,β-unsaturated/α-hetero) is 1. The van der Waals surface area contributed by atoms with Crippen LogP contribution in [0.2, 0.25) is 0 Å². The maximum Gasteiger partial charge on any atom is 0.227 e. The number of rotatable bonds is 1. The smallest absolute Gasteiger partial charge is 0.227 e. The van der Waals surface area contributed by atoms with E-state index in [0.717, 1.165) is 25.7 Å². The van der Waals surface area contributed by atoms with Crippen LogP contribution in [0.1, 0.15) is 44.9 Å². The lowest BCUT2D eigenvalue weighted by atomic mass is 9.95. The molecule has 0 aromatic rings. The Morgan fingerprint density at radius 1 is 1.15 bits per heavy atom. The molecule has 0 aromatic heterocycles. The maximum atomic E-state index is 11.5. The highest BCUT2D eigenvalue weighted by Crippen LogP contribution is 2.18. The predicted molar refractivity (Wildman–Crippen MR) is 50.0 cm³/mol. The van der Waals surface area contributed by atoms with Crippen molar-refractivity contribution in [3.8, 4) is 0 Å². The molecule has 2 N–H and O–H groups in total. The second kappa shape index (κ2) is 5.00. The Kier molecular flexibility index (Phi) is 3.93. The third-order valence-electron chi connectivity index (χ3n) is 2.65. The lowest BCUT2D eigenvalue weighted by molar-refractivity contribution is -0.132. The van der Waals surface area contributed by atoms with Gasteiger partial charge in [-0.25, -0.2) is 0 Å². The quantitative estimate of drug-likeness (QED) is 0.625. The average Bonchev–Trinajstić information content (AvgIpc) is 2.16. The summed E-state index contributed by atoms with van der Waals surface area (Å²) in [5.74, 6) is -0.889. The van der Waals surface area contributed by atoms with Gasteiger partial charge in [0.05, 0.1) is 5.92 Å². The molecule has 3 nitrogen and oxygen atoms in total. The van der Waals surface area contributed by atoms with Crippen LogP contribution in [0, 0.1) is 5.92 Å². The number of amides is 1. The molecule has 74 valence electrons. The number of carbonyl (C=O) groups excluding carboxylic acids is 2. The molecule has 1 unspecified atom stereocenters. The van der Waals surface area contributed by atoms with Crippen LogP contribution in [-0.2, 0) is 9.59 Å². The van der Waals surface area contributed by atoms with Crippen LogP contribution in [0.15, 0.2) is 0 Å². The predicted octanol–water partition coefficient (Wildman–Crippen LogP) is 1.40. The van der Waals surface area contributed by atoms with Crippen LogP contribution in [0.5, 0.6) is 0 Å². The summed E-state index contributed by atoms with van der Waals surface area (Å²) < 4.78 is 0. The first-order valence-electron chi connectivity index (χ1n) is 5.04. The van der Waals surface area contributed by atoms with Crippen molar-refractivity contribution in [1.82, 2.24) is 0 Å². The van der Waals surface area contributed by atoms with Gasteiger partial charge in [-0.15, -0.1) is 0 Å². The lowest BCUT2D eigenvalue weighted by Gasteiger charge is -2.09. The van der Waals surface area contributed by atoms with Crippen molar-refractivity contribution in [2.75, 3.05) is 0 Å². The molecule has 0 saturated heterocycles. The molecule has 0 aliphatic heterocycles. The Morgan fingerprint density at radius 2 is 1.77 bits per heavy atom. The van der Waals surface area contributed by atoms with Crippen LogP contribution in [0.25, 0.3) is 0 Å². The zero-order valence-corrected chi connectivity index (χ0v) is 7.92. The van der Waals surface area contributed by atoms with Crippen molar-refractivity contribution in [2.45, 2.75) is 44.9 Å². The zero-order chi connectivity index (χ0) is 9.68. The Bertz CT molecular complexity index is 201. The molecule has 1 amide bonds. The van der Waals surface area contributed by atoms with Crippen LogP contribution in [0.4, 0.5) is 0 Å². The number of hydrogen-bond donors (Lipinski definition) is 1. The van der Waals surface area contributed by atoms with Gasteiger partial charge in [0.1, 0.15) is 5.78 Å². The Hall–Kier alpha value is -0.860. The van der Waals surface area contributed by atoms with E-state index in [0.29, 0.717) is 12.8 Å². The molecular formula is C10H17NO2. The minimum Gasteiger partial charge on any atom is -0.369 e. The van der Waals surface area contributed by atoms with E-state index in [4.69, 9.17) is 5.73 Å². The van der Waals surface area contributed by atoms with Crippen molar-refractivity contribution in [2.24, 2.45) is 11.7 Å². The first-order chi connectivity index (χ1) is 6.22. The van der Waals surface area contributed by atoms with E-state index in [1.54, 1.807) is 0 Å². The maximum absolute atomic E-state index is 11.5. The molecule has 0 spiro atoms. The first kappa shape index (κ1) is 10.2. The van der Waals surface area contributed by atoms with Gasteiger partial charge < -0.3 is 5.73 Å². The summed E-state index contributed by atoms with van der Waals surface area (Å²) in [6.45, 7) is 0. The van der Waals surface area contributed by atoms with Gasteiger partial charge in [-0.3, -0.25) is 9.59 Å². The van der Waals surface area contributed by atoms with Crippen molar-refractivity contribution in [3.63, 3.8) is 0 Å². The number of primary amides is 1. The fraction of sp³-hybridized carbons (Fsp3) is 0.800. The summed E-state index contributed by atoms with van der Waals surface area (Å²) in [5.41, 5.74) is 5.17. The number of carbonyl (C=O) groups is 2. The largest absolute Gasteiger partial charge is 0.369 e. The number of hydrogen-bond acceptors (Lipinski definition) is 2. The third kappa shape index (κ3) is 3.17. The van der Waals surface area contributed by atoms with Gasteiger partial charge in [0.15, 0.2) is 0 Å². The number of nitrogens with two attached hydrogens (primary N) is 1. The second-order valence-corrected chi connectivity index (χ2v) is 3.73. The van der Waals surface area contributed by atoms with Gasteiger partial charge in [-0.05, 0) is 12.8 Å². The molecule has 3 heteroatoms. The molecule has 1 aliphatic rings. The molecule has 13 heavy (non-hydrogen) atoms. The van der Waals surface area contributed by atoms with Crippen molar-refractivity contribution >= 4 is 11.7 Å². The van der Waals surface area contributed by atoms with E-state index >= 15 is 0 Å². The minimum atomic E-state index is -0.502. The molecule has 1 aliphatic carbocycles. The summed E-state index contributed by atoms with van der Waals surface area (Å²) >= 11 is 0. The summed E-state index contributed by atoms with van der Waals surface area (Å²) in [6, 6.07) is 0. The molecule has 1 fully saturated rings. The van der Waals surface area contributed by atoms with Gasteiger partial charge in [0, 0.05) is 6.42 Å². The first-order valence-corrected chi connectivity index (χ1v) is 5.04. The van der Waals surface area contributed by atoms with Crippen LogP contribution >= 0.6 is 0 Å². The lowest BCUT2D eigenvalue weighted by Crippen LogP contribution is -2.30. The number of ketones is 1. The molecule has 0 bridgehead atoms. The average molecular weight is 183 g/mol. The zero-order valence-electron chi connectivity index (χ0n) is 7.92. The van der Waals surface area contributed by atoms with E-state index in [-0.39, 0.29) is 5.78 Å². The van der Waals surface area contributed by atoms with Crippen LogP contribution < -0.4 is 5.73 Å². The van der Waals surface area contributed by atoms with Crippen molar-refractivity contribution < 1.29 is 9.59 Å². The van der Waals surface area contributed by atoms with Crippen molar-refractivity contribution in [3.05, 3.63) is 0 Å². The highest BCUT2D eigenvalue weighted by Gasteiger charge is 2.23. The van der Waals surface area contributed by atoms with Gasteiger partial charge >= 0.3 is 0 Å². The molecule has 1 atom stereocenters. The van der Waals surface area contributed by atoms with Gasteiger partial charge in [0.2, 0.25) is 5.91 Å². The van der Waals surface area contributed by atoms with Crippen LogP contribution in [0.3, 0.4) is 0 Å². The minimum absolute atomic E-state index is 0.0504. The normalized spacial score (nSPS) is 25.8. The van der Waals surface area contributed by atoms with Crippen LogP contribution in [-0.4, -0.2) is 11.7 Å². The Labute approximate surface area is 78.7 Å². The SMILES string of the molecule is NC(=O)C1CCCCCCCC1=O. The second-order valence-electron chi connectivity index (χ2n) is 3.73. The Balaban J connectivity index is 2.55. The third-order valence-corrected chi connectivity index (χ3v) is 2.65.